The molecule has 0 radical (unpaired) electrons. The van der Waals surface area contributed by atoms with Gasteiger partial charge in [-0.25, -0.2) is 8.78 Å². The first-order valence-corrected chi connectivity index (χ1v) is 7.06. The van der Waals surface area contributed by atoms with Crippen molar-refractivity contribution in [3.63, 3.8) is 0 Å². The third-order valence-electron chi connectivity index (χ3n) is 2.86. The quantitative estimate of drug-likeness (QED) is 0.853. The van der Waals surface area contributed by atoms with Crippen LogP contribution in [0.3, 0.4) is 0 Å². The fraction of sp³-hybridized carbons (Fsp3) is 0.200. The summed E-state index contributed by atoms with van der Waals surface area (Å²) in [5.41, 5.74) is 6.42. The molecule has 2 aromatic carbocycles. The molecule has 20 heavy (non-hydrogen) atoms. The van der Waals surface area contributed by atoms with Gasteiger partial charge in [-0.05, 0) is 30.3 Å². The van der Waals surface area contributed by atoms with E-state index in [1.165, 1.54) is 31.0 Å². The lowest BCUT2D eigenvalue weighted by Gasteiger charge is -2.14. The summed E-state index contributed by atoms with van der Waals surface area (Å²) in [6.07, 6.45) is 0. The Bertz CT molecular complexity index is 575. The van der Waals surface area contributed by atoms with E-state index in [4.69, 9.17) is 10.5 Å². The molecule has 0 spiro atoms. The van der Waals surface area contributed by atoms with Crippen LogP contribution in [-0.4, -0.2) is 12.9 Å². The second-order valence-electron chi connectivity index (χ2n) is 4.23. The number of methoxy groups -OCH3 is 1. The van der Waals surface area contributed by atoms with Crippen LogP contribution in [0.25, 0.3) is 0 Å². The average molecular weight is 295 g/mol. The van der Waals surface area contributed by atoms with Gasteiger partial charge in [-0.3, -0.25) is 0 Å². The van der Waals surface area contributed by atoms with E-state index in [-0.39, 0.29) is 11.6 Å². The van der Waals surface area contributed by atoms with Crippen molar-refractivity contribution in [2.24, 2.45) is 5.73 Å². The Kier molecular flexibility index (Phi) is 4.98. The number of hydrogen-bond acceptors (Lipinski definition) is 3. The lowest BCUT2D eigenvalue weighted by Crippen LogP contribution is -2.15. The van der Waals surface area contributed by atoms with Crippen LogP contribution in [0.15, 0.2) is 47.4 Å². The Morgan fingerprint density at radius 2 is 1.85 bits per heavy atom. The molecule has 0 aliphatic heterocycles. The highest BCUT2D eigenvalue weighted by molar-refractivity contribution is 7.99. The Hall–Kier alpha value is -1.59. The zero-order chi connectivity index (χ0) is 14.5. The molecule has 0 bridgehead atoms. The number of rotatable bonds is 5. The second-order valence-corrected chi connectivity index (χ2v) is 5.33. The highest BCUT2D eigenvalue weighted by atomic mass is 32.2. The van der Waals surface area contributed by atoms with E-state index in [0.29, 0.717) is 11.3 Å². The van der Waals surface area contributed by atoms with Gasteiger partial charge in [-0.2, -0.15) is 0 Å². The van der Waals surface area contributed by atoms with E-state index in [9.17, 15) is 8.78 Å². The smallest absolute Gasteiger partial charge is 0.169 e. The van der Waals surface area contributed by atoms with Crippen LogP contribution in [0.5, 0.6) is 5.75 Å². The first-order chi connectivity index (χ1) is 9.61. The van der Waals surface area contributed by atoms with Gasteiger partial charge < -0.3 is 10.5 Å². The fourth-order valence-electron chi connectivity index (χ4n) is 1.78. The zero-order valence-corrected chi connectivity index (χ0v) is 11.8. The number of ether oxygens (including phenoxy) is 1. The Balaban J connectivity index is 2.05. The van der Waals surface area contributed by atoms with Crippen molar-refractivity contribution in [2.45, 2.75) is 10.9 Å². The third kappa shape index (κ3) is 3.49. The van der Waals surface area contributed by atoms with E-state index < -0.39 is 11.9 Å². The van der Waals surface area contributed by atoms with E-state index in [0.717, 1.165) is 4.90 Å². The molecule has 0 fully saturated rings. The first-order valence-electron chi connectivity index (χ1n) is 6.08. The van der Waals surface area contributed by atoms with Crippen LogP contribution in [0.4, 0.5) is 8.78 Å². The van der Waals surface area contributed by atoms with Crippen molar-refractivity contribution in [1.82, 2.24) is 0 Å². The average Bonchev–Trinajstić information content (AvgIpc) is 2.46. The maximum Gasteiger partial charge on any atom is 0.169 e. The topological polar surface area (TPSA) is 35.2 Å². The molecule has 1 unspecified atom stereocenters. The summed E-state index contributed by atoms with van der Waals surface area (Å²) in [5.74, 6) is -0.0279. The number of nitrogens with two attached hydrogens (primary N) is 1. The van der Waals surface area contributed by atoms with Crippen molar-refractivity contribution < 1.29 is 13.5 Å². The monoisotopic (exact) mass is 295 g/mol. The van der Waals surface area contributed by atoms with E-state index in [1.807, 2.05) is 0 Å². The van der Waals surface area contributed by atoms with Crippen molar-refractivity contribution >= 4 is 11.8 Å². The molecule has 0 aliphatic rings. The highest BCUT2D eigenvalue weighted by Crippen LogP contribution is 2.28. The number of thioether (sulfide) groups is 1. The summed E-state index contributed by atoms with van der Waals surface area (Å²) in [5, 5.41) is 0. The Labute approximate surface area is 120 Å². The molecule has 1 atom stereocenters. The van der Waals surface area contributed by atoms with Crippen molar-refractivity contribution in [2.75, 3.05) is 12.9 Å². The van der Waals surface area contributed by atoms with Gasteiger partial charge >= 0.3 is 0 Å². The minimum Gasteiger partial charge on any atom is -0.494 e. The standard InChI is InChI=1S/C15H15F2NOS/c1-19-14-4-2-3-12(15(14)17)13(18)9-20-11-7-5-10(16)6-8-11/h2-8,13H,9,18H2,1H3. The predicted octanol–water partition coefficient (Wildman–Crippen LogP) is 3.77. The SMILES string of the molecule is COc1cccc(C(N)CSc2ccc(F)cc2)c1F. The fourth-order valence-corrected chi connectivity index (χ4v) is 2.66. The molecule has 0 saturated carbocycles. The summed E-state index contributed by atoms with van der Waals surface area (Å²) < 4.78 is 31.8. The van der Waals surface area contributed by atoms with Gasteiger partial charge in [0.1, 0.15) is 5.82 Å². The summed E-state index contributed by atoms with van der Waals surface area (Å²) in [6.45, 7) is 0. The van der Waals surface area contributed by atoms with Crippen LogP contribution in [0.2, 0.25) is 0 Å². The summed E-state index contributed by atoms with van der Waals surface area (Å²) in [7, 11) is 1.42. The molecule has 0 heterocycles. The number of benzene rings is 2. The highest BCUT2D eigenvalue weighted by Gasteiger charge is 2.15. The normalized spacial score (nSPS) is 12.2. The van der Waals surface area contributed by atoms with Crippen molar-refractivity contribution in [1.29, 1.82) is 0 Å². The third-order valence-corrected chi connectivity index (χ3v) is 3.99. The minimum absolute atomic E-state index is 0.185. The van der Waals surface area contributed by atoms with Gasteiger partial charge in [-0.15, -0.1) is 11.8 Å². The van der Waals surface area contributed by atoms with E-state index in [1.54, 1.807) is 30.3 Å². The minimum atomic E-state index is -0.458. The molecule has 2 rings (SSSR count). The molecule has 2 N–H and O–H groups in total. The molecule has 5 heteroatoms. The molecular weight excluding hydrogens is 280 g/mol. The molecule has 0 aromatic heterocycles. The number of hydrogen-bond donors (Lipinski definition) is 1. The molecule has 0 amide bonds. The van der Waals surface area contributed by atoms with Crippen LogP contribution < -0.4 is 10.5 Å². The van der Waals surface area contributed by atoms with Crippen molar-refractivity contribution in [3.05, 3.63) is 59.7 Å². The lowest BCUT2D eigenvalue weighted by molar-refractivity contribution is 0.383. The first kappa shape index (κ1) is 14.8. The maximum atomic E-state index is 14.0. The Morgan fingerprint density at radius 1 is 1.15 bits per heavy atom. The second kappa shape index (κ2) is 6.72. The molecule has 0 aliphatic carbocycles. The van der Waals surface area contributed by atoms with Crippen LogP contribution in [-0.2, 0) is 0 Å². The van der Waals surface area contributed by atoms with E-state index in [2.05, 4.69) is 0 Å². The van der Waals surface area contributed by atoms with Crippen LogP contribution in [0.1, 0.15) is 11.6 Å². The summed E-state index contributed by atoms with van der Waals surface area (Å²) in [4.78, 5) is 0.894. The van der Waals surface area contributed by atoms with Gasteiger partial charge in [-0.1, -0.05) is 12.1 Å². The van der Waals surface area contributed by atoms with Crippen LogP contribution in [0, 0.1) is 11.6 Å². The van der Waals surface area contributed by atoms with Gasteiger partial charge in [0.15, 0.2) is 11.6 Å². The Morgan fingerprint density at radius 3 is 2.50 bits per heavy atom. The van der Waals surface area contributed by atoms with Gasteiger partial charge in [0.25, 0.3) is 0 Å². The predicted molar refractivity (Wildman–Crippen MR) is 77.0 cm³/mol. The largest absolute Gasteiger partial charge is 0.494 e. The zero-order valence-electron chi connectivity index (χ0n) is 11.0. The summed E-state index contributed by atoms with van der Waals surface area (Å²) >= 11 is 1.46. The molecule has 106 valence electrons. The van der Waals surface area contributed by atoms with Crippen molar-refractivity contribution in [3.8, 4) is 5.75 Å². The molecule has 2 nitrogen and oxygen atoms in total. The van der Waals surface area contributed by atoms with Crippen LogP contribution >= 0.6 is 11.8 Å². The summed E-state index contributed by atoms with van der Waals surface area (Å²) in [6, 6.07) is 10.6. The van der Waals surface area contributed by atoms with Gasteiger partial charge in [0, 0.05) is 22.3 Å². The maximum absolute atomic E-state index is 14.0. The van der Waals surface area contributed by atoms with E-state index >= 15 is 0 Å². The van der Waals surface area contributed by atoms with Gasteiger partial charge in [0.05, 0.1) is 7.11 Å². The molecule has 2 aromatic rings. The molecular formula is C15H15F2NOS. The van der Waals surface area contributed by atoms with Gasteiger partial charge in [0.2, 0.25) is 0 Å². The number of halogens is 2. The lowest BCUT2D eigenvalue weighted by atomic mass is 10.1. The molecule has 0 saturated heterocycles.